The molecule has 1 amide bonds. The Balaban J connectivity index is 2.90. The van der Waals surface area contributed by atoms with Crippen LogP contribution in [-0.2, 0) is 14.6 Å². The Labute approximate surface area is 99.0 Å². The zero-order chi connectivity index (χ0) is 13.1. The molecule has 1 aromatic carbocycles. The lowest BCUT2D eigenvalue weighted by molar-refractivity contribution is -0.113. The van der Waals surface area contributed by atoms with Crippen molar-refractivity contribution in [3.63, 3.8) is 0 Å². The van der Waals surface area contributed by atoms with Crippen molar-refractivity contribution in [1.29, 1.82) is 5.26 Å². The van der Waals surface area contributed by atoms with Gasteiger partial charge in [-0.2, -0.15) is 5.26 Å². The van der Waals surface area contributed by atoms with Crippen molar-refractivity contribution >= 4 is 27.1 Å². The number of nitrogen functional groups attached to an aromatic ring is 1. The molecule has 6 nitrogen and oxygen atoms in total. The monoisotopic (exact) mass is 253 g/mol. The van der Waals surface area contributed by atoms with Crippen LogP contribution < -0.4 is 11.1 Å². The molecule has 0 saturated carbocycles. The van der Waals surface area contributed by atoms with Gasteiger partial charge in [-0.3, -0.25) is 4.79 Å². The average molecular weight is 253 g/mol. The van der Waals surface area contributed by atoms with Crippen molar-refractivity contribution in [1.82, 2.24) is 0 Å². The van der Waals surface area contributed by atoms with E-state index in [1.54, 1.807) is 0 Å². The highest BCUT2D eigenvalue weighted by atomic mass is 32.2. The summed E-state index contributed by atoms with van der Waals surface area (Å²) < 4.78 is 21.8. The summed E-state index contributed by atoms with van der Waals surface area (Å²) in [6.07, 6.45) is 0.959. The number of nitrogens with zero attached hydrogens (tertiary/aromatic N) is 1. The first-order valence-electron chi connectivity index (χ1n) is 4.59. The molecule has 0 atom stereocenters. The van der Waals surface area contributed by atoms with Crippen molar-refractivity contribution < 1.29 is 13.2 Å². The molecule has 3 N–H and O–H groups in total. The Morgan fingerprint density at radius 1 is 1.53 bits per heavy atom. The number of hydrogen-bond donors (Lipinski definition) is 2. The van der Waals surface area contributed by atoms with Gasteiger partial charge in [0.1, 0.15) is 11.8 Å². The molecule has 0 fully saturated rings. The molecule has 0 aliphatic rings. The Hall–Kier alpha value is -2.07. The van der Waals surface area contributed by atoms with Crippen LogP contribution in [-0.4, -0.2) is 26.3 Å². The average Bonchev–Trinajstić information content (AvgIpc) is 2.17. The molecule has 90 valence electrons. The van der Waals surface area contributed by atoms with Gasteiger partial charge in [0.15, 0.2) is 9.84 Å². The number of benzene rings is 1. The highest BCUT2D eigenvalue weighted by molar-refractivity contribution is 7.91. The molecule has 0 spiro atoms. The summed E-state index contributed by atoms with van der Waals surface area (Å²) in [4.78, 5) is 11.4. The van der Waals surface area contributed by atoms with Crippen molar-refractivity contribution in [2.45, 2.75) is 0 Å². The van der Waals surface area contributed by atoms with E-state index in [0.29, 0.717) is 5.69 Å². The SMILES string of the molecule is CS(=O)(=O)CC(=O)Nc1ccc(N)cc1C#N. The molecule has 17 heavy (non-hydrogen) atoms. The van der Waals surface area contributed by atoms with Gasteiger partial charge in [-0.1, -0.05) is 0 Å². The first-order valence-corrected chi connectivity index (χ1v) is 6.65. The lowest BCUT2D eigenvalue weighted by Crippen LogP contribution is -2.22. The Kier molecular flexibility index (Phi) is 3.70. The van der Waals surface area contributed by atoms with E-state index in [-0.39, 0.29) is 11.3 Å². The predicted molar refractivity (Wildman–Crippen MR) is 63.9 cm³/mol. The normalized spacial score (nSPS) is 10.6. The third kappa shape index (κ3) is 4.12. The molecule has 7 heteroatoms. The number of hydrogen-bond acceptors (Lipinski definition) is 5. The molecule has 0 unspecified atom stereocenters. The summed E-state index contributed by atoms with van der Waals surface area (Å²) in [6.45, 7) is 0. The Morgan fingerprint density at radius 3 is 2.71 bits per heavy atom. The number of anilines is 2. The standard InChI is InChI=1S/C10H11N3O3S/c1-17(15,16)6-10(14)13-9-3-2-8(12)4-7(9)5-11/h2-4H,6,12H2,1H3,(H,13,14). The van der Waals surface area contributed by atoms with Crippen LogP contribution >= 0.6 is 0 Å². The number of sulfone groups is 1. The van der Waals surface area contributed by atoms with Crippen molar-refractivity contribution in [3.8, 4) is 6.07 Å². The molecule has 0 aliphatic heterocycles. The Morgan fingerprint density at radius 2 is 2.18 bits per heavy atom. The highest BCUT2D eigenvalue weighted by Crippen LogP contribution is 2.17. The van der Waals surface area contributed by atoms with Crippen LogP contribution in [0.4, 0.5) is 11.4 Å². The number of amides is 1. The van der Waals surface area contributed by atoms with Gasteiger partial charge < -0.3 is 11.1 Å². The lowest BCUT2D eigenvalue weighted by atomic mass is 10.1. The smallest absolute Gasteiger partial charge is 0.239 e. The van der Waals surface area contributed by atoms with Crippen LogP contribution in [0.5, 0.6) is 0 Å². The number of nitrogens with one attached hydrogen (secondary N) is 1. The van der Waals surface area contributed by atoms with Gasteiger partial charge in [0.05, 0.1) is 11.3 Å². The van der Waals surface area contributed by atoms with Gasteiger partial charge >= 0.3 is 0 Å². The summed E-state index contributed by atoms with van der Waals surface area (Å²) >= 11 is 0. The third-order valence-electron chi connectivity index (χ3n) is 1.83. The molecule has 0 heterocycles. The molecular weight excluding hydrogens is 242 g/mol. The maximum atomic E-state index is 11.4. The van der Waals surface area contributed by atoms with E-state index >= 15 is 0 Å². The van der Waals surface area contributed by atoms with E-state index in [1.807, 2.05) is 6.07 Å². The molecule has 1 aromatic rings. The minimum absolute atomic E-state index is 0.187. The molecule has 0 aliphatic carbocycles. The van der Waals surface area contributed by atoms with Crippen LogP contribution in [0.3, 0.4) is 0 Å². The molecule has 0 saturated heterocycles. The topological polar surface area (TPSA) is 113 Å². The fourth-order valence-corrected chi connectivity index (χ4v) is 1.74. The second-order valence-corrected chi connectivity index (χ2v) is 5.68. The van der Waals surface area contributed by atoms with E-state index < -0.39 is 21.5 Å². The molecule has 0 bridgehead atoms. The quantitative estimate of drug-likeness (QED) is 0.743. The minimum atomic E-state index is -3.39. The summed E-state index contributed by atoms with van der Waals surface area (Å²) in [5.74, 6) is -1.31. The first-order chi connectivity index (χ1) is 7.81. The Bertz CT molecular complexity index is 587. The van der Waals surface area contributed by atoms with Crippen molar-refractivity contribution in [3.05, 3.63) is 23.8 Å². The van der Waals surface area contributed by atoms with E-state index in [2.05, 4.69) is 5.32 Å². The summed E-state index contributed by atoms with van der Waals surface area (Å²) in [6, 6.07) is 6.22. The van der Waals surface area contributed by atoms with Crippen LogP contribution in [0.15, 0.2) is 18.2 Å². The van der Waals surface area contributed by atoms with E-state index in [4.69, 9.17) is 11.0 Å². The van der Waals surface area contributed by atoms with E-state index in [9.17, 15) is 13.2 Å². The van der Waals surface area contributed by atoms with Gasteiger partial charge in [0.2, 0.25) is 5.91 Å². The van der Waals surface area contributed by atoms with E-state index in [0.717, 1.165) is 6.26 Å². The van der Waals surface area contributed by atoms with E-state index in [1.165, 1.54) is 18.2 Å². The van der Waals surface area contributed by atoms with Crippen molar-refractivity contribution in [2.75, 3.05) is 23.1 Å². The minimum Gasteiger partial charge on any atom is -0.399 e. The zero-order valence-corrected chi connectivity index (χ0v) is 9.91. The molecular formula is C10H11N3O3S. The zero-order valence-electron chi connectivity index (χ0n) is 9.10. The summed E-state index contributed by atoms with van der Waals surface area (Å²) in [5, 5.41) is 11.2. The van der Waals surface area contributed by atoms with Crippen LogP contribution in [0.25, 0.3) is 0 Å². The number of nitriles is 1. The first kappa shape index (κ1) is 13.0. The number of nitrogens with two attached hydrogens (primary N) is 1. The van der Waals surface area contributed by atoms with Crippen LogP contribution in [0.1, 0.15) is 5.56 Å². The fourth-order valence-electron chi connectivity index (χ4n) is 1.19. The van der Waals surface area contributed by atoms with Gasteiger partial charge in [0.25, 0.3) is 0 Å². The fraction of sp³-hybridized carbons (Fsp3) is 0.200. The van der Waals surface area contributed by atoms with Gasteiger partial charge in [-0.15, -0.1) is 0 Å². The molecule has 1 rings (SSSR count). The number of carbonyl (C=O) groups is 1. The lowest BCUT2D eigenvalue weighted by Gasteiger charge is -2.06. The summed E-state index contributed by atoms with van der Waals surface area (Å²) in [5.41, 5.74) is 6.30. The van der Waals surface area contributed by atoms with Crippen molar-refractivity contribution in [2.24, 2.45) is 0 Å². The highest BCUT2D eigenvalue weighted by Gasteiger charge is 2.12. The van der Waals surface area contributed by atoms with Crippen LogP contribution in [0, 0.1) is 11.3 Å². The molecule has 0 aromatic heterocycles. The largest absolute Gasteiger partial charge is 0.399 e. The molecule has 0 radical (unpaired) electrons. The van der Waals surface area contributed by atoms with Gasteiger partial charge in [-0.05, 0) is 18.2 Å². The van der Waals surface area contributed by atoms with Crippen LogP contribution in [0.2, 0.25) is 0 Å². The summed E-state index contributed by atoms with van der Waals surface area (Å²) in [7, 11) is -3.39. The maximum Gasteiger partial charge on any atom is 0.239 e. The van der Waals surface area contributed by atoms with Gasteiger partial charge in [0, 0.05) is 11.9 Å². The predicted octanol–water partition coefficient (Wildman–Crippen LogP) is 0.124. The second-order valence-electron chi connectivity index (χ2n) is 3.54. The van der Waals surface area contributed by atoms with Gasteiger partial charge in [-0.25, -0.2) is 8.42 Å². The number of rotatable bonds is 3. The maximum absolute atomic E-state index is 11.4. The number of carbonyl (C=O) groups excluding carboxylic acids is 1. The second kappa shape index (κ2) is 4.84. The third-order valence-corrected chi connectivity index (χ3v) is 2.62.